The summed E-state index contributed by atoms with van der Waals surface area (Å²) in [4.78, 5) is 7.12. The molecular formula is C15H21N3O. The summed E-state index contributed by atoms with van der Waals surface area (Å²) in [7, 11) is 0. The Bertz CT molecular complexity index is 560. The Labute approximate surface area is 113 Å². The normalized spacial score (nSPS) is 15.1. The van der Waals surface area contributed by atoms with Crippen LogP contribution in [0.2, 0.25) is 0 Å². The maximum Gasteiger partial charge on any atom is 0.153 e. The fourth-order valence-corrected chi connectivity index (χ4v) is 2.59. The van der Waals surface area contributed by atoms with Gasteiger partial charge in [-0.1, -0.05) is 19.4 Å². The number of unbranched alkanes of at least 4 members (excludes halogenated alkanes) is 1. The predicted molar refractivity (Wildman–Crippen MR) is 76.4 cm³/mol. The molecule has 1 aliphatic carbocycles. The molecule has 0 aliphatic heterocycles. The molecule has 1 fully saturated rings. The molecule has 102 valence electrons. The lowest BCUT2D eigenvalue weighted by Gasteiger charge is -2.23. The molecule has 2 aromatic heterocycles. The molecule has 1 aliphatic rings. The van der Waals surface area contributed by atoms with Gasteiger partial charge in [0, 0.05) is 18.8 Å². The van der Waals surface area contributed by atoms with Gasteiger partial charge in [-0.05, 0) is 31.4 Å². The van der Waals surface area contributed by atoms with Crippen LogP contribution in [0.3, 0.4) is 0 Å². The molecule has 0 amide bonds. The molecular weight excluding hydrogens is 238 g/mol. The average Bonchev–Trinajstić information content (AvgIpc) is 3.20. The highest BCUT2D eigenvalue weighted by Crippen LogP contribution is 2.33. The van der Waals surface area contributed by atoms with Gasteiger partial charge in [-0.25, -0.2) is 4.98 Å². The van der Waals surface area contributed by atoms with E-state index in [0.717, 1.165) is 23.7 Å². The quantitative estimate of drug-likeness (QED) is 0.867. The molecule has 2 aromatic rings. The number of imidazole rings is 1. The van der Waals surface area contributed by atoms with E-state index in [-0.39, 0.29) is 6.61 Å². The Balaban J connectivity index is 2.01. The Morgan fingerprint density at radius 3 is 2.95 bits per heavy atom. The zero-order valence-electron chi connectivity index (χ0n) is 11.4. The third-order valence-corrected chi connectivity index (χ3v) is 3.77. The van der Waals surface area contributed by atoms with E-state index in [0.29, 0.717) is 6.04 Å². The summed E-state index contributed by atoms with van der Waals surface area (Å²) in [5.74, 6) is 0.977. The Kier molecular flexibility index (Phi) is 3.42. The van der Waals surface area contributed by atoms with Crippen molar-refractivity contribution in [3.05, 3.63) is 30.1 Å². The van der Waals surface area contributed by atoms with Gasteiger partial charge in [0.05, 0.1) is 12.3 Å². The summed E-state index contributed by atoms with van der Waals surface area (Å²) in [5.41, 5.74) is 1.84. The smallest absolute Gasteiger partial charge is 0.153 e. The number of aromatic nitrogens is 2. The zero-order valence-corrected chi connectivity index (χ0v) is 11.4. The zero-order chi connectivity index (χ0) is 13.2. The van der Waals surface area contributed by atoms with Crippen molar-refractivity contribution in [2.45, 2.75) is 45.3 Å². The number of aliphatic hydroxyl groups excluding tert-OH is 1. The summed E-state index contributed by atoms with van der Waals surface area (Å²) in [6.45, 7) is 3.29. The fraction of sp³-hybridized carbons (Fsp3) is 0.533. The largest absolute Gasteiger partial charge is 0.390 e. The van der Waals surface area contributed by atoms with Crippen LogP contribution in [-0.2, 0) is 6.61 Å². The number of pyridine rings is 1. The molecule has 4 heteroatoms. The van der Waals surface area contributed by atoms with Crippen LogP contribution in [0.1, 0.15) is 38.3 Å². The van der Waals surface area contributed by atoms with Crippen LogP contribution in [0.15, 0.2) is 24.4 Å². The number of hydrogen-bond acceptors (Lipinski definition) is 3. The summed E-state index contributed by atoms with van der Waals surface area (Å²) in [6.07, 6.45) is 6.84. The van der Waals surface area contributed by atoms with Crippen LogP contribution in [-0.4, -0.2) is 27.1 Å². The number of aliphatic hydroxyl groups is 1. The second-order valence-corrected chi connectivity index (χ2v) is 5.25. The maximum atomic E-state index is 9.69. The van der Waals surface area contributed by atoms with Crippen LogP contribution in [0, 0.1) is 0 Å². The SMILES string of the molecule is CCCCN(c1nc2ccccn2c1CO)C1CC1. The van der Waals surface area contributed by atoms with Gasteiger partial charge in [0.1, 0.15) is 5.65 Å². The van der Waals surface area contributed by atoms with Crippen molar-refractivity contribution in [1.29, 1.82) is 0 Å². The van der Waals surface area contributed by atoms with E-state index in [9.17, 15) is 5.11 Å². The first-order chi connectivity index (χ1) is 9.35. The maximum absolute atomic E-state index is 9.69. The molecule has 0 radical (unpaired) electrons. The van der Waals surface area contributed by atoms with Crippen molar-refractivity contribution in [2.75, 3.05) is 11.4 Å². The van der Waals surface area contributed by atoms with Crippen molar-refractivity contribution in [1.82, 2.24) is 9.38 Å². The molecule has 19 heavy (non-hydrogen) atoms. The lowest BCUT2D eigenvalue weighted by atomic mass is 10.3. The van der Waals surface area contributed by atoms with E-state index in [4.69, 9.17) is 4.98 Å². The standard InChI is InChI=1S/C15H21N3O/c1-2-3-9-17(12-7-8-12)15-13(11-19)18-10-5-4-6-14(18)16-15/h4-6,10,12,19H,2-3,7-9,11H2,1H3. The van der Waals surface area contributed by atoms with Crippen molar-refractivity contribution >= 4 is 11.5 Å². The minimum atomic E-state index is 0.0376. The van der Waals surface area contributed by atoms with Crippen molar-refractivity contribution in [2.24, 2.45) is 0 Å². The molecule has 0 unspecified atom stereocenters. The van der Waals surface area contributed by atoms with Crippen molar-refractivity contribution in [3.8, 4) is 0 Å². The monoisotopic (exact) mass is 259 g/mol. The molecule has 0 bridgehead atoms. The second kappa shape index (κ2) is 5.21. The van der Waals surface area contributed by atoms with E-state index in [1.54, 1.807) is 0 Å². The first-order valence-electron chi connectivity index (χ1n) is 7.18. The molecule has 4 nitrogen and oxygen atoms in total. The summed E-state index contributed by atoms with van der Waals surface area (Å²) < 4.78 is 2.00. The van der Waals surface area contributed by atoms with Crippen LogP contribution in [0.25, 0.3) is 5.65 Å². The minimum Gasteiger partial charge on any atom is -0.390 e. The van der Waals surface area contributed by atoms with Gasteiger partial charge in [0.2, 0.25) is 0 Å². The molecule has 0 atom stereocenters. The molecule has 3 rings (SSSR count). The fourth-order valence-electron chi connectivity index (χ4n) is 2.59. The summed E-state index contributed by atoms with van der Waals surface area (Å²) in [5, 5.41) is 9.69. The Morgan fingerprint density at radius 1 is 1.42 bits per heavy atom. The topological polar surface area (TPSA) is 40.8 Å². The molecule has 0 aromatic carbocycles. The van der Waals surface area contributed by atoms with Gasteiger partial charge in [-0.3, -0.25) is 4.40 Å². The highest BCUT2D eigenvalue weighted by atomic mass is 16.3. The van der Waals surface area contributed by atoms with E-state index in [1.165, 1.54) is 25.7 Å². The molecule has 2 heterocycles. The van der Waals surface area contributed by atoms with Gasteiger partial charge in [-0.15, -0.1) is 0 Å². The van der Waals surface area contributed by atoms with Crippen LogP contribution >= 0.6 is 0 Å². The van der Waals surface area contributed by atoms with E-state index >= 15 is 0 Å². The highest BCUT2D eigenvalue weighted by molar-refractivity contribution is 5.56. The average molecular weight is 259 g/mol. The Morgan fingerprint density at radius 2 is 2.26 bits per heavy atom. The molecule has 1 saturated carbocycles. The number of fused-ring (bicyclic) bond motifs is 1. The van der Waals surface area contributed by atoms with Gasteiger partial charge in [0.15, 0.2) is 5.82 Å². The lowest BCUT2D eigenvalue weighted by molar-refractivity contribution is 0.276. The minimum absolute atomic E-state index is 0.0376. The van der Waals surface area contributed by atoms with E-state index in [1.807, 2.05) is 28.8 Å². The first kappa shape index (κ1) is 12.5. The van der Waals surface area contributed by atoms with Crippen LogP contribution in [0.4, 0.5) is 5.82 Å². The third kappa shape index (κ3) is 2.32. The van der Waals surface area contributed by atoms with E-state index in [2.05, 4.69) is 11.8 Å². The van der Waals surface area contributed by atoms with Gasteiger partial charge < -0.3 is 10.0 Å². The van der Waals surface area contributed by atoms with Gasteiger partial charge >= 0.3 is 0 Å². The Hall–Kier alpha value is -1.55. The van der Waals surface area contributed by atoms with E-state index < -0.39 is 0 Å². The van der Waals surface area contributed by atoms with Crippen LogP contribution in [0.5, 0.6) is 0 Å². The number of nitrogens with zero attached hydrogens (tertiary/aromatic N) is 3. The summed E-state index contributed by atoms with van der Waals surface area (Å²) >= 11 is 0. The lowest BCUT2D eigenvalue weighted by Crippen LogP contribution is -2.28. The highest BCUT2D eigenvalue weighted by Gasteiger charge is 2.32. The predicted octanol–water partition coefficient (Wildman–Crippen LogP) is 2.60. The molecule has 0 saturated heterocycles. The van der Waals surface area contributed by atoms with Crippen LogP contribution < -0.4 is 4.90 Å². The summed E-state index contributed by atoms with van der Waals surface area (Å²) in [6, 6.07) is 6.58. The van der Waals surface area contributed by atoms with Gasteiger partial charge in [0.25, 0.3) is 0 Å². The number of anilines is 1. The van der Waals surface area contributed by atoms with Gasteiger partial charge in [-0.2, -0.15) is 0 Å². The number of rotatable bonds is 6. The third-order valence-electron chi connectivity index (χ3n) is 3.77. The van der Waals surface area contributed by atoms with Crippen molar-refractivity contribution < 1.29 is 5.11 Å². The molecule has 0 spiro atoms. The first-order valence-corrected chi connectivity index (χ1v) is 7.18. The second-order valence-electron chi connectivity index (χ2n) is 5.25. The molecule has 1 N–H and O–H groups in total. The van der Waals surface area contributed by atoms with Crippen molar-refractivity contribution in [3.63, 3.8) is 0 Å². The number of hydrogen-bond donors (Lipinski definition) is 1.